The summed E-state index contributed by atoms with van der Waals surface area (Å²) in [6.07, 6.45) is 0. The molecule has 0 N–H and O–H groups in total. The van der Waals surface area contributed by atoms with Crippen LogP contribution in [-0.4, -0.2) is 11.2 Å². The summed E-state index contributed by atoms with van der Waals surface area (Å²) >= 11 is 6.27. The number of halogens is 1. The van der Waals surface area contributed by atoms with Crippen molar-refractivity contribution in [2.75, 3.05) is 6.61 Å². The van der Waals surface area contributed by atoms with Crippen LogP contribution in [0.2, 0.25) is 5.02 Å². The Morgan fingerprint density at radius 2 is 2.10 bits per heavy atom. The first-order valence-electron chi connectivity index (χ1n) is 6.12. The molecule has 0 unspecified atom stereocenters. The van der Waals surface area contributed by atoms with Crippen LogP contribution in [0.5, 0.6) is 5.75 Å². The molecule has 2 rings (SSSR count). The summed E-state index contributed by atoms with van der Waals surface area (Å²) in [5.74, 6) is 6.23. The van der Waals surface area contributed by atoms with Gasteiger partial charge in [-0.05, 0) is 31.2 Å². The molecule has 102 valence electrons. The Morgan fingerprint density at radius 1 is 1.30 bits per heavy atom. The van der Waals surface area contributed by atoms with Crippen molar-refractivity contribution in [1.82, 2.24) is 4.57 Å². The fraction of sp³-hybridized carbons (Fsp3) is 0.188. The largest absolute Gasteiger partial charge is 0.481 e. The van der Waals surface area contributed by atoms with Gasteiger partial charge in [-0.2, -0.15) is 0 Å². The van der Waals surface area contributed by atoms with E-state index in [1.54, 1.807) is 30.7 Å². The van der Waals surface area contributed by atoms with Gasteiger partial charge in [0.1, 0.15) is 12.4 Å². The quantitative estimate of drug-likeness (QED) is 0.812. The Bertz CT molecular complexity index is 738. The molecule has 0 aliphatic rings. The summed E-state index contributed by atoms with van der Waals surface area (Å²) < 4.78 is 7.01. The molecule has 4 heteroatoms. The zero-order valence-corrected chi connectivity index (χ0v) is 12.1. The van der Waals surface area contributed by atoms with Gasteiger partial charge < -0.3 is 9.30 Å². The van der Waals surface area contributed by atoms with Crippen molar-refractivity contribution in [2.24, 2.45) is 7.05 Å². The lowest BCUT2D eigenvalue weighted by molar-refractivity contribution is 0.370. The van der Waals surface area contributed by atoms with E-state index in [1.165, 1.54) is 6.07 Å². The number of aromatic nitrogens is 1. The first-order chi connectivity index (χ1) is 9.63. The summed E-state index contributed by atoms with van der Waals surface area (Å²) in [6, 6.07) is 10.5. The summed E-state index contributed by atoms with van der Waals surface area (Å²) in [7, 11) is 1.72. The molecule has 0 amide bonds. The molecule has 1 aromatic heterocycles. The van der Waals surface area contributed by atoms with Gasteiger partial charge in [-0.1, -0.05) is 23.6 Å². The van der Waals surface area contributed by atoms with Gasteiger partial charge in [0.15, 0.2) is 0 Å². The van der Waals surface area contributed by atoms with E-state index in [0.29, 0.717) is 17.4 Å². The van der Waals surface area contributed by atoms with Crippen LogP contribution in [0.25, 0.3) is 11.3 Å². The average molecular weight is 288 g/mol. The lowest BCUT2D eigenvalue weighted by Crippen LogP contribution is -2.16. The molecule has 0 bridgehead atoms. The average Bonchev–Trinajstić information content (AvgIpc) is 2.43. The molecule has 0 saturated heterocycles. The van der Waals surface area contributed by atoms with E-state index in [2.05, 4.69) is 11.8 Å². The van der Waals surface area contributed by atoms with Crippen LogP contribution in [0.15, 0.2) is 41.2 Å². The second-order valence-corrected chi connectivity index (χ2v) is 4.57. The highest BCUT2D eigenvalue weighted by atomic mass is 35.5. The van der Waals surface area contributed by atoms with Crippen molar-refractivity contribution in [3.63, 3.8) is 0 Å². The second kappa shape index (κ2) is 6.31. The van der Waals surface area contributed by atoms with Gasteiger partial charge in [0.25, 0.3) is 5.56 Å². The van der Waals surface area contributed by atoms with Crippen LogP contribution in [0.1, 0.15) is 6.92 Å². The molecule has 20 heavy (non-hydrogen) atoms. The molecule has 0 aliphatic heterocycles. The normalized spacial score (nSPS) is 9.75. The maximum atomic E-state index is 11.6. The lowest BCUT2D eigenvalue weighted by atomic mass is 10.1. The van der Waals surface area contributed by atoms with Gasteiger partial charge in [-0.25, -0.2) is 0 Å². The summed E-state index contributed by atoms with van der Waals surface area (Å²) in [5, 5.41) is 0.535. The molecule has 0 atom stereocenters. The van der Waals surface area contributed by atoms with Crippen LogP contribution < -0.4 is 10.3 Å². The van der Waals surface area contributed by atoms with E-state index in [0.717, 1.165) is 11.3 Å². The van der Waals surface area contributed by atoms with Gasteiger partial charge in [-0.15, -0.1) is 5.92 Å². The van der Waals surface area contributed by atoms with Crippen LogP contribution in [0, 0.1) is 11.8 Å². The molecule has 1 aromatic carbocycles. The molecule has 0 fully saturated rings. The minimum atomic E-state index is -0.0721. The van der Waals surface area contributed by atoms with Crippen molar-refractivity contribution >= 4 is 11.6 Å². The number of benzene rings is 1. The van der Waals surface area contributed by atoms with Crippen molar-refractivity contribution < 1.29 is 4.74 Å². The molecule has 2 aromatic rings. The highest BCUT2D eigenvalue weighted by Gasteiger charge is 2.08. The fourth-order valence-corrected chi connectivity index (χ4v) is 2.09. The Kier molecular flexibility index (Phi) is 4.49. The van der Waals surface area contributed by atoms with E-state index in [9.17, 15) is 4.79 Å². The van der Waals surface area contributed by atoms with Gasteiger partial charge in [0, 0.05) is 18.7 Å². The van der Waals surface area contributed by atoms with Crippen LogP contribution in [0.3, 0.4) is 0 Å². The number of ether oxygens (including phenoxy) is 1. The molecule has 3 nitrogen and oxygen atoms in total. The van der Waals surface area contributed by atoms with E-state index in [1.807, 2.05) is 18.2 Å². The number of pyridine rings is 1. The Balaban J connectivity index is 2.36. The summed E-state index contributed by atoms with van der Waals surface area (Å²) in [5.41, 5.74) is 1.49. The maximum absolute atomic E-state index is 11.6. The SMILES string of the molecule is CC#CCOc1ccc(-c2cccc(=O)n2C)c(Cl)c1. The monoisotopic (exact) mass is 287 g/mol. The topological polar surface area (TPSA) is 31.2 Å². The maximum Gasteiger partial charge on any atom is 0.250 e. The zero-order chi connectivity index (χ0) is 14.5. The smallest absolute Gasteiger partial charge is 0.250 e. The first-order valence-corrected chi connectivity index (χ1v) is 6.49. The summed E-state index contributed by atoms with van der Waals surface area (Å²) in [4.78, 5) is 11.6. The van der Waals surface area contributed by atoms with Gasteiger partial charge in [0.05, 0.1) is 10.7 Å². The van der Waals surface area contributed by atoms with E-state index < -0.39 is 0 Å². The molecule has 0 aliphatic carbocycles. The molecule has 1 heterocycles. The van der Waals surface area contributed by atoms with Gasteiger partial charge in [-0.3, -0.25) is 4.79 Å². The highest BCUT2D eigenvalue weighted by Crippen LogP contribution is 2.30. The van der Waals surface area contributed by atoms with Crippen LogP contribution >= 0.6 is 11.6 Å². The third-order valence-electron chi connectivity index (χ3n) is 2.89. The lowest BCUT2D eigenvalue weighted by Gasteiger charge is -2.11. The van der Waals surface area contributed by atoms with Crippen molar-refractivity contribution in [3.05, 3.63) is 51.8 Å². The Morgan fingerprint density at radius 3 is 2.80 bits per heavy atom. The number of nitrogens with zero attached hydrogens (tertiary/aromatic N) is 1. The number of rotatable bonds is 3. The van der Waals surface area contributed by atoms with Crippen molar-refractivity contribution in [1.29, 1.82) is 0 Å². The van der Waals surface area contributed by atoms with Crippen LogP contribution in [-0.2, 0) is 7.05 Å². The highest BCUT2D eigenvalue weighted by molar-refractivity contribution is 6.33. The van der Waals surface area contributed by atoms with E-state index in [4.69, 9.17) is 16.3 Å². The standard InChI is InChI=1S/C16H14ClNO2/c1-3-4-10-20-12-8-9-13(14(17)11-12)15-6-5-7-16(19)18(15)2/h5-9,11H,10H2,1-2H3. The summed E-state index contributed by atoms with van der Waals surface area (Å²) in [6.45, 7) is 2.09. The third-order valence-corrected chi connectivity index (χ3v) is 3.20. The molecule has 0 radical (unpaired) electrons. The minimum Gasteiger partial charge on any atom is -0.481 e. The second-order valence-electron chi connectivity index (χ2n) is 4.17. The number of hydrogen-bond acceptors (Lipinski definition) is 2. The Labute approximate surface area is 122 Å². The van der Waals surface area contributed by atoms with Gasteiger partial charge >= 0.3 is 0 Å². The first kappa shape index (κ1) is 14.2. The zero-order valence-electron chi connectivity index (χ0n) is 11.3. The molecular formula is C16H14ClNO2. The Hall–Kier alpha value is -2.18. The van der Waals surface area contributed by atoms with Crippen LogP contribution in [0.4, 0.5) is 0 Å². The predicted molar refractivity (Wildman–Crippen MR) is 81.1 cm³/mol. The minimum absolute atomic E-state index is 0.0721. The van der Waals surface area contributed by atoms with Crippen molar-refractivity contribution in [3.8, 4) is 28.8 Å². The molecule has 0 spiro atoms. The molecular weight excluding hydrogens is 274 g/mol. The predicted octanol–water partition coefficient (Wildman–Crippen LogP) is 3.11. The van der Waals surface area contributed by atoms with E-state index in [-0.39, 0.29) is 5.56 Å². The fourth-order valence-electron chi connectivity index (χ4n) is 1.82. The number of hydrogen-bond donors (Lipinski definition) is 0. The third kappa shape index (κ3) is 3.04. The molecule has 0 saturated carbocycles. The van der Waals surface area contributed by atoms with E-state index >= 15 is 0 Å². The van der Waals surface area contributed by atoms with Crippen molar-refractivity contribution in [2.45, 2.75) is 6.92 Å². The van der Waals surface area contributed by atoms with Gasteiger partial charge in [0.2, 0.25) is 0 Å².